The maximum Gasteiger partial charge on any atom is 0.214 e. The highest BCUT2D eigenvalue weighted by atomic mass is 32.1. The molecule has 0 aliphatic heterocycles. The van der Waals surface area contributed by atoms with Crippen LogP contribution in [0.15, 0.2) is 48.5 Å². The summed E-state index contributed by atoms with van der Waals surface area (Å²) in [6.45, 7) is 0. The lowest BCUT2D eigenvalue weighted by Crippen LogP contribution is -2.16. The van der Waals surface area contributed by atoms with Crippen LogP contribution >= 0.6 is 22.7 Å². The number of hydrogen-bond donors (Lipinski definition) is 0. The van der Waals surface area contributed by atoms with Gasteiger partial charge in [-0.2, -0.15) is 0 Å². The van der Waals surface area contributed by atoms with Gasteiger partial charge in [0.05, 0.1) is 20.9 Å². The van der Waals surface area contributed by atoms with E-state index in [0.29, 0.717) is 20.9 Å². The van der Waals surface area contributed by atoms with Crippen molar-refractivity contribution in [2.24, 2.45) is 0 Å². The van der Waals surface area contributed by atoms with Gasteiger partial charge in [-0.05, 0) is 12.1 Å². The highest BCUT2D eigenvalue weighted by Crippen LogP contribution is 2.43. The molecule has 2 aromatic carbocycles. The Kier molecular flexibility index (Phi) is 2.30. The van der Waals surface area contributed by atoms with Crippen LogP contribution in [0.2, 0.25) is 0 Å². The normalized spacial score (nSPS) is 13.6. The van der Waals surface area contributed by atoms with Crippen LogP contribution in [0.1, 0.15) is 30.5 Å². The molecule has 0 amide bonds. The maximum absolute atomic E-state index is 13.1. The van der Waals surface area contributed by atoms with Gasteiger partial charge in [-0.25, -0.2) is 0 Å². The van der Waals surface area contributed by atoms with Gasteiger partial charge in [0, 0.05) is 20.2 Å². The van der Waals surface area contributed by atoms with E-state index >= 15 is 0 Å². The fraction of sp³-hybridized carbons (Fsp3) is 0. The van der Waals surface area contributed by atoms with Gasteiger partial charge in [0.2, 0.25) is 5.78 Å². The molecular weight excluding hydrogens is 312 g/mol. The molecule has 0 saturated carbocycles. The highest BCUT2D eigenvalue weighted by Gasteiger charge is 2.36. The molecule has 0 bridgehead atoms. The van der Waals surface area contributed by atoms with Gasteiger partial charge in [0.15, 0.2) is 5.78 Å². The number of carbonyl (C=O) groups is 2. The number of benzene rings is 2. The zero-order chi connectivity index (χ0) is 14.8. The lowest BCUT2D eigenvalue weighted by atomic mass is 9.91. The van der Waals surface area contributed by atoms with Gasteiger partial charge in [-0.1, -0.05) is 36.4 Å². The summed E-state index contributed by atoms with van der Waals surface area (Å²) >= 11 is 2.84. The molecule has 5 rings (SSSR count). The van der Waals surface area contributed by atoms with Gasteiger partial charge in [0.1, 0.15) is 0 Å². The molecule has 0 spiro atoms. The maximum atomic E-state index is 13.1. The Labute approximate surface area is 133 Å². The molecule has 1 aliphatic rings. The van der Waals surface area contributed by atoms with Crippen molar-refractivity contribution in [3.05, 3.63) is 69.4 Å². The molecule has 0 radical (unpaired) electrons. The van der Waals surface area contributed by atoms with E-state index in [1.54, 1.807) is 0 Å². The Bertz CT molecular complexity index is 1030. The number of thiophene rings is 2. The Morgan fingerprint density at radius 1 is 0.591 bits per heavy atom. The van der Waals surface area contributed by atoms with E-state index in [1.807, 2.05) is 48.5 Å². The van der Waals surface area contributed by atoms with Crippen molar-refractivity contribution in [1.29, 1.82) is 0 Å². The standard InChI is InChI=1S/C18H8O2S2/c19-15-13-9-5-1-3-7-11(9)21-17(13)16(20)18-14(15)10-6-2-4-8-12(10)22-18/h1-8H. The summed E-state index contributed by atoms with van der Waals surface area (Å²) in [6, 6.07) is 15.5. The van der Waals surface area contributed by atoms with Crippen LogP contribution in [0.3, 0.4) is 0 Å². The van der Waals surface area contributed by atoms with Crippen molar-refractivity contribution in [1.82, 2.24) is 0 Å². The van der Waals surface area contributed by atoms with E-state index in [1.165, 1.54) is 22.7 Å². The number of rotatable bonds is 0. The van der Waals surface area contributed by atoms with Crippen LogP contribution in [0, 0.1) is 0 Å². The van der Waals surface area contributed by atoms with E-state index in [4.69, 9.17) is 0 Å². The van der Waals surface area contributed by atoms with Crippen molar-refractivity contribution >= 4 is 54.4 Å². The van der Waals surface area contributed by atoms with Crippen LogP contribution < -0.4 is 0 Å². The van der Waals surface area contributed by atoms with Crippen LogP contribution in [-0.4, -0.2) is 11.6 Å². The minimum absolute atomic E-state index is 0.00741. The molecule has 104 valence electrons. The summed E-state index contributed by atoms with van der Waals surface area (Å²) in [4.78, 5) is 27.1. The molecule has 0 fully saturated rings. The van der Waals surface area contributed by atoms with Crippen LogP contribution in [0.25, 0.3) is 20.2 Å². The highest BCUT2D eigenvalue weighted by molar-refractivity contribution is 7.25. The van der Waals surface area contributed by atoms with Gasteiger partial charge in [-0.15, -0.1) is 22.7 Å². The van der Waals surface area contributed by atoms with E-state index in [-0.39, 0.29) is 11.6 Å². The minimum atomic E-state index is -0.0144. The zero-order valence-corrected chi connectivity index (χ0v) is 12.9. The number of hydrogen-bond acceptors (Lipinski definition) is 4. The Balaban J connectivity index is 1.93. The summed E-state index contributed by atoms with van der Waals surface area (Å²) in [7, 11) is 0. The van der Waals surface area contributed by atoms with Crippen molar-refractivity contribution < 1.29 is 9.59 Å². The van der Waals surface area contributed by atoms with Gasteiger partial charge in [-0.3, -0.25) is 9.59 Å². The first-order valence-electron chi connectivity index (χ1n) is 6.88. The molecule has 2 aromatic heterocycles. The van der Waals surface area contributed by atoms with Crippen molar-refractivity contribution in [2.75, 3.05) is 0 Å². The molecule has 0 atom stereocenters. The van der Waals surface area contributed by atoms with E-state index in [2.05, 4.69) is 0 Å². The average Bonchev–Trinajstić information content (AvgIpc) is 3.12. The lowest BCUT2D eigenvalue weighted by molar-refractivity contribution is 0.0988. The summed E-state index contributed by atoms with van der Waals surface area (Å²) < 4.78 is 1.99. The van der Waals surface area contributed by atoms with Crippen LogP contribution in [0.4, 0.5) is 0 Å². The monoisotopic (exact) mass is 320 g/mol. The third-order valence-corrected chi connectivity index (χ3v) is 6.40. The second-order valence-corrected chi connectivity index (χ2v) is 7.37. The van der Waals surface area contributed by atoms with Crippen LogP contribution in [-0.2, 0) is 0 Å². The smallest absolute Gasteiger partial charge is 0.214 e. The summed E-state index contributed by atoms with van der Waals surface area (Å²) in [5.74, 6) is -0.0218. The second-order valence-electron chi connectivity index (χ2n) is 5.26. The fourth-order valence-corrected chi connectivity index (χ4v) is 5.45. The van der Waals surface area contributed by atoms with Gasteiger partial charge >= 0.3 is 0 Å². The first kappa shape index (κ1) is 12.3. The van der Waals surface area contributed by atoms with Gasteiger partial charge in [0.25, 0.3) is 0 Å². The molecule has 4 heteroatoms. The predicted molar refractivity (Wildman–Crippen MR) is 90.5 cm³/mol. The van der Waals surface area contributed by atoms with E-state index in [9.17, 15) is 9.59 Å². The summed E-state index contributed by atoms with van der Waals surface area (Å²) in [5, 5.41) is 1.78. The molecule has 4 aromatic rings. The summed E-state index contributed by atoms with van der Waals surface area (Å²) in [6.07, 6.45) is 0. The third-order valence-electron chi connectivity index (χ3n) is 4.06. The first-order valence-corrected chi connectivity index (χ1v) is 8.51. The SMILES string of the molecule is O=C1c2sc3ccccc3c2C(=O)c2c1sc1ccccc21. The Morgan fingerprint density at radius 2 is 1.05 bits per heavy atom. The molecule has 2 heterocycles. The minimum Gasteiger partial charge on any atom is -0.288 e. The third kappa shape index (κ3) is 1.39. The lowest BCUT2D eigenvalue weighted by Gasteiger charge is -2.10. The molecule has 22 heavy (non-hydrogen) atoms. The second kappa shape index (κ2) is 4.12. The topological polar surface area (TPSA) is 34.1 Å². The Hall–Kier alpha value is -2.30. The molecule has 0 unspecified atom stereocenters. The van der Waals surface area contributed by atoms with Crippen LogP contribution in [0.5, 0.6) is 0 Å². The molecular formula is C18H8O2S2. The molecule has 0 saturated heterocycles. The average molecular weight is 320 g/mol. The Morgan fingerprint density at radius 3 is 1.55 bits per heavy atom. The fourth-order valence-electron chi connectivity index (χ4n) is 3.09. The van der Waals surface area contributed by atoms with Crippen molar-refractivity contribution in [2.45, 2.75) is 0 Å². The molecule has 1 aliphatic carbocycles. The number of fused-ring (bicyclic) bond motifs is 6. The zero-order valence-electron chi connectivity index (χ0n) is 11.3. The quantitative estimate of drug-likeness (QED) is 0.407. The number of ketones is 2. The molecule has 0 N–H and O–H groups in total. The number of carbonyl (C=O) groups excluding carboxylic acids is 2. The van der Waals surface area contributed by atoms with Crippen molar-refractivity contribution in [3.8, 4) is 0 Å². The first-order chi connectivity index (χ1) is 10.8. The van der Waals surface area contributed by atoms with Gasteiger partial charge < -0.3 is 0 Å². The van der Waals surface area contributed by atoms with E-state index < -0.39 is 0 Å². The predicted octanol–water partition coefficient (Wildman–Crippen LogP) is 4.89. The molecule has 2 nitrogen and oxygen atoms in total. The van der Waals surface area contributed by atoms with Crippen molar-refractivity contribution in [3.63, 3.8) is 0 Å². The summed E-state index contributed by atoms with van der Waals surface area (Å²) in [5.41, 5.74) is 1.17. The largest absolute Gasteiger partial charge is 0.288 e. The van der Waals surface area contributed by atoms with E-state index in [0.717, 1.165) is 20.2 Å².